The molecule has 0 atom stereocenters. The minimum Gasteiger partial charge on any atom is -0.497 e. The number of aromatic nitrogens is 2. The number of anilines is 1. The van der Waals surface area contributed by atoms with Crippen molar-refractivity contribution in [1.29, 1.82) is 0 Å². The molecule has 2 aliphatic rings. The number of nitrogens with zero attached hydrogens (tertiary/aromatic N) is 4. The summed E-state index contributed by atoms with van der Waals surface area (Å²) >= 11 is 0. The van der Waals surface area contributed by atoms with Gasteiger partial charge in [-0.05, 0) is 56.0 Å². The molecule has 0 spiro atoms. The standard InChI is InChI=1S/C27H30N4O3/c1-19-9-4-5-12-24(19)34-25-22-18-31(26(32)20-10-8-11-21(17-20)33-2)16-13-23(22)28-27(29-25)30-14-6-3-7-15-30/h4-5,8-12,17H,3,6-7,13-16,18H2,1-2H3. The number of hydrogen-bond acceptors (Lipinski definition) is 6. The Morgan fingerprint density at radius 3 is 2.59 bits per heavy atom. The van der Waals surface area contributed by atoms with Crippen molar-refractivity contribution in [3.05, 3.63) is 70.9 Å². The molecule has 0 aliphatic carbocycles. The van der Waals surface area contributed by atoms with Gasteiger partial charge in [0.25, 0.3) is 5.91 Å². The minimum absolute atomic E-state index is 0.0356. The van der Waals surface area contributed by atoms with Gasteiger partial charge in [-0.2, -0.15) is 4.98 Å². The van der Waals surface area contributed by atoms with E-state index in [2.05, 4.69) is 4.90 Å². The Kier molecular flexibility index (Phi) is 6.34. The number of rotatable bonds is 5. The number of piperidine rings is 1. The third-order valence-corrected chi connectivity index (χ3v) is 6.55. The summed E-state index contributed by atoms with van der Waals surface area (Å²) in [5.74, 6) is 2.68. The van der Waals surface area contributed by atoms with Crippen molar-refractivity contribution in [2.45, 2.75) is 39.2 Å². The van der Waals surface area contributed by atoms with Gasteiger partial charge in [-0.15, -0.1) is 0 Å². The molecule has 3 aromatic rings. The van der Waals surface area contributed by atoms with Crippen LogP contribution in [-0.2, 0) is 13.0 Å². The lowest BCUT2D eigenvalue weighted by Crippen LogP contribution is -2.37. The van der Waals surface area contributed by atoms with Crippen molar-refractivity contribution in [1.82, 2.24) is 14.9 Å². The third kappa shape index (κ3) is 4.55. The van der Waals surface area contributed by atoms with Crippen LogP contribution in [0.4, 0.5) is 5.95 Å². The van der Waals surface area contributed by atoms with Crippen LogP contribution < -0.4 is 14.4 Å². The van der Waals surface area contributed by atoms with Gasteiger partial charge < -0.3 is 19.3 Å². The fourth-order valence-corrected chi connectivity index (χ4v) is 4.58. The molecular weight excluding hydrogens is 428 g/mol. The van der Waals surface area contributed by atoms with Gasteiger partial charge in [0.15, 0.2) is 0 Å². The number of para-hydroxylation sites is 1. The number of fused-ring (bicyclic) bond motifs is 1. The molecule has 2 aromatic carbocycles. The second-order valence-electron chi connectivity index (χ2n) is 8.88. The van der Waals surface area contributed by atoms with Crippen molar-refractivity contribution in [3.63, 3.8) is 0 Å². The molecule has 0 bridgehead atoms. The van der Waals surface area contributed by atoms with Gasteiger partial charge in [0, 0.05) is 31.6 Å². The summed E-state index contributed by atoms with van der Waals surface area (Å²) in [5.41, 5.74) is 3.49. The third-order valence-electron chi connectivity index (χ3n) is 6.55. The van der Waals surface area contributed by atoms with E-state index in [9.17, 15) is 4.79 Å². The molecule has 0 saturated carbocycles. The smallest absolute Gasteiger partial charge is 0.254 e. The van der Waals surface area contributed by atoms with Gasteiger partial charge in [0.2, 0.25) is 11.8 Å². The number of benzene rings is 2. The summed E-state index contributed by atoms with van der Waals surface area (Å²) < 4.78 is 11.7. The first-order chi connectivity index (χ1) is 16.6. The first-order valence-corrected chi connectivity index (χ1v) is 11.9. The number of ether oxygens (including phenoxy) is 2. The summed E-state index contributed by atoms with van der Waals surface area (Å²) in [6.07, 6.45) is 4.21. The largest absolute Gasteiger partial charge is 0.497 e. The minimum atomic E-state index is -0.0356. The van der Waals surface area contributed by atoms with Crippen LogP contribution in [0.15, 0.2) is 48.5 Å². The van der Waals surface area contributed by atoms with Crippen molar-refractivity contribution >= 4 is 11.9 Å². The monoisotopic (exact) mass is 458 g/mol. The topological polar surface area (TPSA) is 67.8 Å². The second-order valence-corrected chi connectivity index (χ2v) is 8.88. The summed E-state index contributed by atoms with van der Waals surface area (Å²) in [5, 5.41) is 0. The highest BCUT2D eigenvalue weighted by Gasteiger charge is 2.29. The number of carbonyl (C=O) groups excluding carboxylic acids is 1. The predicted molar refractivity (Wildman–Crippen MR) is 131 cm³/mol. The number of amides is 1. The molecular formula is C27H30N4O3. The Morgan fingerprint density at radius 1 is 0.971 bits per heavy atom. The molecule has 2 aliphatic heterocycles. The number of carbonyl (C=O) groups is 1. The van der Waals surface area contributed by atoms with Crippen LogP contribution in [0, 0.1) is 6.92 Å². The molecule has 1 saturated heterocycles. The van der Waals surface area contributed by atoms with Gasteiger partial charge in [-0.25, -0.2) is 4.98 Å². The van der Waals surface area contributed by atoms with Crippen LogP contribution in [0.1, 0.15) is 46.4 Å². The molecule has 0 N–H and O–H groups in total. The highest BCUT2D eigenvalue weighted by molar-refractivity contribution is 5.94. The Labute approximate surface area is 200 Å². The van der Waals surface area contributed by atoms with Crippen molar-refractivity contribution < 1.29 is 14.3 Å². The number of aryl methyl sites for hydroxylation is 1. The highest BCUT2D eigenvalue weighted by atomic mass is 16.5. The van der Waals surface area contributed by atoms with Crippen LogP contribution in [-0.4, -0.2) is 47.5 Å². The summed E-state index contributed by atoms with van der Waals surface area (Å²) in [7, 11) is 1.60. The Hall–Kier alpha value is -3.61. The predicted octanol–water partition coefficient (Wildman–Crippen LogP) is 4.77. The van der Waals surface area contributed by atoms with Crippen molar-refractivity contribution in [2.75, 3.05) is 31.6 Å². The van der Waals surface area contributed by atoms with E-state index in [1.807, 2.05) is 54.3 Å². The maximum absolute atomic E-state index is 13.3. The summed E-state index contributed by atoms with van der Waals surface area (Å²) in [6, 6.07) is 15.2. The summed E-state index contributed by atoms with van der Waals surface area (Å²) in [4.78, 5) is 27.2. The molecule has 5 rings (SSSR count). The van der Waals surface area contributed by atoms with E-state index in [1.54, 1.807) is 13.2 Å². The lowest BCUT2D eigenvalue weighted by atomic mass is 10.0. The molecule has 1 fully saturated rings. The van der Waals surface area contributed by atoms with Gasteiger partial charge in [0.05, 0.1) is 24.9 Å². The lowest BCUT2D eigenvalue weighted by molar-refractivity contribution is 0.0731. The quantitative estimate of drug-likeness (QED) is 0.548. The zero-order chi connectivity index (χ0) is 23.5. The average molecular weight is 459 g/mol. The lowest BCUT2D eigenvalue weighted by Gasteiger charge is -2.32. The molecule has 1 amide bonds. The maximum atomic E-state index is 13.3. The van der Waals surface area contributed by atoms with Crippen molar-refractivity contribution in [2.24, 2.45) is 0 Å². The normalized spacial score (nSPS) is 15.6. The highest BCUT2D eigenvalue weighted by Crippen LogP contribution is 2.33. The molecule has 7 nitrogen and oxygen atoms in total. The molecule has 0 unspecified atom stereocenters. The van der Waals surface area contributed by atoms with E-state index in [1.165, 1.54) is 6.42 Å². The van der Waals surface area contributed by atoms with Crippen LogP contribution in [0.25, 0.3) is 0 Å². The Morgan fingerprint density at radius 2 is 1.79 bits per heavy atom. The fourth-order valence-electron chi connectivity index (χ4n) is 4.58. The van der Waals surface area contributed by atoms with E-state index in [4.69, 9.17) is 19.4 Å². The first-order valence-electron chi connectivity index (χ1n) is 11.9. The van der Waals surface area contributed by atoms with Crippen LogP contribution in [0.3, 0.4) is 0 Å². The zero-order valence-corrected chi connectivity index (χ0v) is 19.8. The second kappa shape index (κ2) is 9.71. The molecule has 176 valence electrons. The van der Waals surface area contributed by atoms with E-state index in [0.29, 0.717) is 36.7 Å². The molecule has 34 heavy (non-hydrogen) atoms. The van der Waals surface area contributed by atoms with Gasteiger partial charge in [-0.1, -0.05) is 24.3 Å². The summed E-state index contributed by atoms with van der Waals surface area (Å²) in [6.45, 7) is 4.95. The van der Waals surface area contributed by atoms with E-state index in [-0.39, 0.29) is 5.91 Å². The van der Waals surface area contributed by atoms with E-state index >= 15 is 0 Å². The van der Waals surface area contributed by atoms with E-state index in [0.717, 1.165) is 54.4 Å². The molecule has 1 aromatic heterocycles. The molecule has 0 radical (unpaired) electrons. The molecule has 3 heterocycles. The van der Waals surface area contributed by atoms with Crippen LogP contribution in [0.2, 0.25) is 0 Å². The Bertz CT molecular complexity index is 1190. The van der Waals surface area contributed by atoms with Crippen LogP contribution >= 0.6 is 0 Å². The van der Waals surface area contributed by atoms with Gasteiger partial charge in [-0.3, -0.25) is 4.79 Å². The SMILES string of the molecule is COc1cccc(C(=O)N2CCc3nc(N4CCCCC4)nc(Oc4ccccc4C)c3C2)c1. The fraction of sp³-hybridized carbons (Fsp3) is 0.370. The average Bonchev–Trinajstić information content (AvgIpc) is 2.89. The molecule has 7 heteroatoms. The van der Waals surface area contributed by atoms with Gasteiger partial charge >= 0.3 is 0 Å². The van der Waals surface area contributed by atoms with Gasteiger partial charge in [0.1, 0.15) is 11.5 Å². The zero-order valence-electron chi connectivity index (χ0n) is 19.8. The van der Waals surface area contributed by atoms with Crippen LogP contribution in [0.5, 0.6) is 17.4 Å². The maximum Gasteiger partial charge on any atom is 0.254 e. The number of methoxy groups -OCH3 is 1. The van der Waals surface area contributed by atoms with Crippen molar-refractivity contribution in [3.8, 4) is 17.4 Å². The number of hydrogen-bond donors (Lipinski definition) is 0. The Balaban J connectivity index is 1.48. The first kappa shape index (κ1) is 22.2. The van der Waals surface area contributed by atoms with E-state index < -0.39 is 0 Å².